The molecule has 3 N–H and O–H groups in total. The Morgan fingerprint density at radius 2 is 1.62 bits per heavy atom. The quantitative estimate of drug-likeness (QED) is 0.247. The van der Waals surface area contributed by atoms with E-state index < -0.39 is 22.1 Å². The third-order valence-electron chi connectivity index (χ3n) is 8.21. The molecule has 234 valence electrons. The minimum absolute atomic E-state index is 0.152. The second-order valence-corrected chi connectivity index (χ2v) is 14.5. The molecule has 3 heterocycles. The lowest BCUT2D eigenvalue weighted by molar-refractivity contribution is -0.137. The zero-order valence-electron chi connectivity index (χ0n) is 24.5. The summed E-state index contributed by atoms with van der Waals surface area (Å²) in [7, 11) is -3.71. The van der Waals surface area contributed by atoms with Crippen LogP contribution in [-0.2, 0) is 39.0 Å². The Labute approximate surface area is 272 Å². The first kappa shape index (κ1) is 31.1. The number of nitrogens with one attached hydrogen (secondary N) is 3. The number of fused-ring (bicyclic) bond motifs is 1. The van der Waals surface area contributed by atoms with Crippen molar-refractivity contribution in [3.05, 3.63) is 112 Å². The molecule has 0 unspecified atom stereocenters. The molecule has 0 saturated carbocycles. The Balaban J connectivity index is 1.14. The maximum absolute atomic E-state index is 14.0. The number of carbonyl (C=O) groups is 2. The summed E-state index contributed by atoms with van der Waals surface area (Å²) in [4.78, 5) is 31.3. The van der Waals surface area contributed by atoms with E-state index >= 15 is 0 Å². The first-order valence-electron chi connectivity index (χ1n) is 14.8. The van der Waals surface area contributed by atoms with Crippen molar-refractivity contribution < 1.29 is 18.0 Å². The number of benzene rings is 3. The number of amides is 2. The fourth-order valence-corrected chi connectivity index (χ4v) is 8.00. The Kier molecular flexibility index (Phi) is 9.41. The van der Waals surface area contributed by atoms with E-state index in [0.29, 0.717) is 56.3 Å². The van der Waals surface area contributed by atoms with Gasteiger partial charge in [-0.05, 0) is 58.8 Å². The molecule has 4 aromatic rings. The third-order valence-corrected chi connectivity index (χ3v) is 11.2. The van der Waals surface area contributed by atoms with Crippen LogP contribution in [0.5, 0.6) is 0 Å². The largest absolute Gasteiger partial charge is 0.366 e. The molecule has 0 aliphatic carbocycles. The smallest absolute Gasteiger partial charge is 0.271 e. The molecule has 1 aromatic heterocycles. The maximum Gasteiger partial charge on any atom is 0.271 e. The summed E-state index contributed by atoms with van der Waals surface area (Å²) in [5.41, 5.74) is 4.44. The van der Waals surface area contributed by atoms with Crippen LogP contribution in [-0.4, -0.2) is 63.4 Å². The van der Waals surface area contributed by atoms with Crippen LogP contribution in [0.3, 0.4) is 0 Å². The molecule has 2 atom stereocenters. The van der Waals surface area contributed by atoms with Crippen LogP contribution in [0.2, 0.25) is 5.02 Å². The highest BCUT2D eigenvalue weighted by atomic mass is 35.5. The van der Waals surface area contributed by atoms with Gasteiger partial charge in [-0.2, -0.15) is 0 Å². The molecule has 45 heavy (non-hydrogen) atoms. The van der Waals surface area contributed by atoms with Gasteiger partial charge in [-0.15, -0.1) is 11.3 Å². The molecule has 0 spiro atoms. The van der Waals surface area contributed by atoms with E-state index in [9.17, 15) is 18.0 Å². The van der Waals surface area contributed by atoms with Crippen molar-refractivity contribution in [1.29, 1.82) is 0 Å². The molecule has 3 aromatic carbocycles. The Bertz CT molecular complexity index is 1760. The minimum Gasteiger partial charge on any atom is -0.366 e. The number of hydrogen-bond acceptors (Lipinski definition) is 7. The molecule has 2 aliphatic rings. The van der Waals surface area contributed by atoms with E-state index in [2.05, 4.69) is 26.3 Å². The van der Waals surface area contributed by atoms with Crippen molar-refractivity contribution in [3.8, 4) is 0 Å². The fourth-order valence-electron chi connectivity index (χ4n) is 5.80. The first-order chi connectivity index (χ1) is 21.8. The SMILES string of the molecule is O=C(N[C@H](Cc1ccc(Cl)cc1)C(=O)N1CCN(c2ccccc2NS(=O)(=O)c2cccs2)CC1)[C@@H]1Cc2ccccc2CN1. The predicted octanol–water partition coefficient (Wildman–Crippen LogP) is 4.29. The topological polar surface area (TPSA) is 111 Å². The predicted molar refractivity (Wildman–Crippen MR) is 178 cm³/mol. The van der Waals surface area contributed by atoms with Gasteiger partial charge in [0, 0.05) is 44.2 Å². The Hall–Kier alpha value is -3.90. The van der Waals surface area contributed by atoms with E-state index in [0.717, 1.165) is 28.2 Å². The highest BCUT2D eigenvalue weighted by Gasteiger charge is 2.32. The van der Waals surface area contributed by atoms with Crippen LogP contribution in [0.4, 0.5) is 11.4 Å². The summed E-state index contributed by atoms with van der Waals surface area (Å²) >= 11 is 7.26. The molecule has 6 rings (SSSR count). The van der Waals surface area contributed by atoms with Gasteiger partial charge in [-0.1, -0.05) is 66.2 Å². The lowest BCUT2D eigenvalue weighted by Gasteiger charge is -2.38. The number of nitrogens with zero attached hydrogens (tertiary/aromatic N) is 2. The van der Waals surface area contributed by atoms with E-state index in [-0.39, 0.29) is 16.0 Å². The molecular formula is C33H34ClN5O4S2. The number of anilines is 2. The van der Waals surface area contributed by atoms with Crippen molar-refractivity contribution >= 4 is 56.2 Å². The van der Waals surface area contributed by atoms with Crippen LogP contribution >= 0.6 is 22.9 Å². The second kappa shape index (κ2) is 13.6. The highest BCUT2D eigenvalue weighted by molar-refractivity contribution is 7.94. The highest BCUT2D eigenvalue weighted by Crippen LogP contribution is 2.30. The van der Waals surface area contributed by atoms with Gasteiger partial charge in [0.25, 0.3) is 10.0 Å². The summed E-state index contributed by atoms with van der Waals surface area (Å²) in [6, 6.07) is 24.7. The molecule has 1 saturated heterocycles. The number of halogens is 1. The van der Waals surface area contributed by atoms with Gasteiger partial charge >= 0.3 is 0 Å². The fraction of sp³-hybridized carbons (Fsp3) is 0.273. The summed E-state index contributed by atoms with van der Waals surface area (Å²) in [6.45, 7) is 2.45. The van der Waals surface area contributed by atoms with E-state index in [4.69, 9.17) is 11.6 Å². The standard InChI is InChI=1S/C33H34ClN5O4S2/c34-26-13-11-23(12-14-26)20-29(36-32(40)28-21-24-6-1-2-7-25(24)22-35-28)33(41)39-17-15-38(16-18-39)30-9-4-3-8-27(30)37-45(42,43)31-10-5-19-44-31/h1-14,19,28-29,35,37H,15-18,20-22H2,(H,36,40)/t28-,29+/m0/s1. The number of piperazine rings is 1. The van der Waals surface area contributed by atoms with E-state index in [1.54, 1.807) is 46.7 Å². The number of sulfonamides is 1. The van der Waals surface area contributed by atoms with Crippen molar-refractivity contribution in [2.45, 2.75) is 35.7 Å². The molecule has 12 heteroatoms. The molecule has 9 nitrogen and oxygen atoms in total. The molecule has 1 fully saturated rings. The number of para-hydroxylation sites is 2. The number of carbonyl (C=O) groups excluding carboxylic acids is 2. The number of thiophene rings is 1. The minimum atomic E-state index is -3.71. The summed E-state index contributed by atoms with van der Waals surface area (Å²) in [6.07, 6.45) is 0.886. The van der Waals surface area contributed by atoms with Crippen LogP contribution < -0.4 is 20.3 Å². The maximum atomic E-state index is 14.0. The molecular weight excluding hydrogens is 630 g/mol. The van der Waals surface area contributed by atoms with Gasteiger partial charge in [-0.3, -0.25) is 14.3 Å². The average Bonchev–Trinajstić information content (AvgIpc) is 3.62. The first-order valence-corrected chi connectivity index (χ1v) is 17.5. The van der Waals surface area contributed by atoms with E-state index in [1.165, 1.54) is 5.56 Å². The second-order valence-electron chi connectivity index (χ2n) is 11.2. The molecule has 0 radical (unpaired) electrons. The summed E-state index contributed by atoms with van der Waals surface area (Å²) in [5, 5.41) is 8.70. The van der Waals surface area contributed by atoms with Crippen LogP contribution in [0.1, 0.15) is 16.7 Å². The molecule has 0 bridgehead atoms. The van der Waals surface area contributed by atoms with Crippen molar-refractivity contribution in [3.63, 3.8) is 0 Å². The Morgan fingerprint density at radius 1 is 0.911 bits per heavy atom. The zero-order valence-corrected chi connectivity index (χ0v) is 26.9. The molecule has 2 amide bonds. The third kappa shape index (κ3) is 7.33. The number of rotatable bonds is 9. The monoisotopic (exact) mass is 663 g/mol. The summed E-state index contributed by atoms with van der Waals surface area (Å²) in [5.74, 6) is -0.358. The van der Waals surface area contributed by atoms with Crippen molar-refractivity contribution in [2.24, 2.45) is 0 Å². The van der Waals surface area contributed by atoms with Gasteiger partial charge in [0.05, 0.1) is 17.4 Å². The van der Waals surface area contributed by atoms with E-state index in [1.807, 2.05) is 42.5 Å². The average molecular weight is 664 g/mol. The van der Waals surface area contributed by atoms with Gasteiger partial charge in [-0.25, -0.2) is 8.42 Å². The van der Waals surface area contributed by atoms with Gasteiger partial charge in [0.2, 0.25) is 11.8 Å². The summed E-state index contributed by atoms with van der Waals surface area (Å²) < 4.78 is 28.8. The van der Waals surface area contributed by atoms with Gasteiger partial charge < -0.3 is 20.4 Å². The van der Waals surface area contributed by atoms with Crippen LogP contribution in [0, 0.1) is 0 Å². The van der Waals surface area contributed by atoms with Crippen molar-refractivity contribution in [1.82, 2.24) is 15.5 Å². The molecule has 2 aliphatic heterocycles. The lowest BCUT2D eigenvalue weighted by atomic mass is 9.95. The van der Waals surface area contributed by atoms with Crippen LogP contribution in [0.25, 0.3) is 0 Å². The van der Waals surface area contributed by atoms with Crippen LogP contribution in [0.15, 0.2) is 94.5 Å². The van der Waals surface area contributed by atoms with Gasteiger partial charge in [0.1, 0.15) is 10.3 Å². The number of hydrogen-bond donors (Lipinski definition) is 3. The lowest BCUT2D eigenvalue weighted by Crippen LogP contribution is -2.58. The van der Waals surface area contributed by atoms with Gasteiger partial charge in [0.15, 0.2) is 0 Å². The van der Waals surface area contributed by atoms with Crippen molar-refractivity contribution in [2.75, 3.05) is 35.8 Å². The Morgan fingerprint density at radius 3 is 2.36 bits per heavy atom. The normalized spacial score (nSPS) is 17.3. The zero-order chi connectivity index (χ0) is 31.4.